The molecule has 1 aromatic heterocycles. The average molecular weight is 369 g/mol. The van der Waals surface area contributed by atoms with Gasteiger partial charge in [-0.1, -0.05) is 0 Å². The van der Waals surface area contributed by atoms with E-state index in [4.69, 9.17) is 9.15 Å². The Morgan fingerprint density at radius 3 is 3.11 bits per heavy atom. The molecule has 19 heavy (non-hydrogen) atoms. The van der Waals surface area contributed by atoms with Crippen LogP contribution >= 0.6 is 22.6 Å². The molecule has 3 nitrogen and oxygen atoms in total. The molecule has 0 radical (unpaired) electrons. The fraction of sp³-hybridized carbons (Fsp3) is 0.467. The summed E-state index contributed by atoms with van der Waals surface area (Å²) in [5.74, 6) is 1.11. The van der Waals surface area contributed by atoms with E-state index in [9.17, 15) is 0 Å². The average Bonchev–Trinajstić information content (AvgIpc) is 2.93. The third kappa shape index (κ3) is 1.63. The molecule has 0 bridgehead atoms. The van der Waals surface area contributed by atoms with E-state index in [0.717, 1.165) is 37.3 Å². The zero-order chi connectivity index (χ0) is 13.0. The molecule has 4 heteroatoms. The Morgan fingerprint density at radius 2 is 2.32 bits per heavy atom. The largest absolute Gasteiger partial charge is 0.459 e. The van der Waals surface area contributed by atoms with E-state index in [1.165, 1.54) is 14.5 Å². The number of hydrogen-bond donors (Lipinski definition) is 1. The highest BCUT2D eigenvalue weighted by atomic mass is 127. The lowest BCUT2D eigenvalue weighted by atomic mass is 9.83. The Morgan fingerprint density at radius 1 is 1.42 bits per heavy atom. The van der Waals surface area contributed by atoms with E-state index in [2.05, 4.69) is 53.0 Å². The molecular formula is C15H16INO2. The van der Waals surface area contributed by atoms with Crippen molar-refractivity contribution in [1.29, 1.82) is 0 Å². The standard InChI is InChI=1S/C15H16INO2/c1-9-15(5-7-18-9)14-12(4-6-17-15)11-3-2-10(16)8-13(11)19-14/h2-3,8-9,17H,4-7H2,1H3. The van der Waals surface area contributed by atoms with Gasteiger partial charge in [0.15, 0.2) is 0 Å². The van der Waals surface area contributed by atoms with Gasteiger partial charge in [-0.2, -0.15) is 0 Å². The molecule has 1 spiro atoms. The van der Waals surface area contributed by atoms with E-state index in [-0.39, 0.29) is 11.6 Å². The molecule has 0 aliphatic carbocycles. The molecule has 2 aliphatic rings. The first-order valence-electron chi connectivity index (χ1n) is 6.79. The minimum Gasteiger partial charge on any atom is -0.459 e. The van der Waals surface area contributed by atoms with Gasteiger partial charge in [0.2, 0.25) is 0 Å². The fourth-order valence-electron chi connectivity index (χ4n) is 3.50. The summed E-state index contributed by atoms with van der Waals surface area (Å²) in [5, 5.41) is 4.93. The van der Waals surface area contributed by atoms with Crippen LogP contribution in [0.25, 0.3) is 11.0 Å². The summed E-state index contributed by atoms with van der Waals surface area (Å²) in [5.41, 5.74) is 2.28. The van der Waals surface area contributed by atoms with Crippen molar-refractivity contribution in [3.63, 3.8) is 0 Å². The summed E-state index contributed by atoms with van der Waals surface area (Å²) in [7, 11) is 0. The van der Waals surface area contributed by atoms with Gasteiger partial charge in [-0.15, -0.1) is 0 Å². The van der Waals surface area contributed by atoms with Crippen molar-refractivity contribution in [2.24, 2.45) is 0 Å². The lowest BCUT2D eigenvalue weighted by Crippen LogP contribution is -2.51. The van der Waals surface area contributed by atoms with E-state index in [1.807, 2.05) is 0 Å². The number of furan rings is 1. The number of fused-ring (bicyclic) bond motifs is 4. The number of ether oxygens (including phenoxy) is 1. The lowest BCUT2D eigenvalue weighted by molar-refractivity contribution is 0.0708. The second-order valence-electron chi connectivity index (χ2n) is 5.46. The number of benzene rings is 1. The van der Waals surface area contributed by atoms with Crippen molar-refractivity contribution in [3.05, 3.63) is 33.1 Å². The third-order valence-corrected chi connectivity index (χ3v) is 5.20. The van der Waals surface area contributed by atoms with Crippen LogP contribution in [-0.4, -0.2) is 19.3 Å². The van der Waals surface area contributed by atoms with Crippen LogP contribution in [0.2, 0.25) is 0 Å². The molecule has 3 heterocycles. The van der Waals surface area contributed by atoms with Gasteiger partial charge in [-0.25, -0.2) is 0 Å². The normalized spacial score (nSPS) is 30.1. The van der Waals surface area contributed by atoms with Gasteiger partial charge in [0.05, 0.1) is 6.10 Å². The summed E-state index contributed by atoms with van der Waals surface area (Å²) >= 11 is 2.33. The Balaban J connectivity index is 1.98. The first-order chi connectivity index (χ1) is 9.21. The molecular weight excluding hydrogens is 353 g/mol. The highest BCUT2D eigenvalue weighted by molar-refractivity contribution is 14.1. The number of hydrogen-bond acceptors (Lipinski definition) is 3. The van der Waals surface area contributed by atoms with Gasteiger partial charge in [0, 0.05) is 27.7 Å². The SMILES string of the molecule is CC1OCCC12NCCc1c2oc2cc(I)ccc12. The summed E-state index contributed by atoms with van der Waals surface area (Å²) in [6, 6.07) is 6.48. The fourth-order valence-corrected chi connectivity index (χ4v) is 3.96. The van der Waals surface area contributed by atoms with Crippen molar-refractivity contribution in [1.82, 2.24) is 5.32 Å². The van der Waals surface area contributed by atoms with E-state index >= 15 is 0 Å². The van der Waals surface area contributed by atoms with Crippen molar-refractivity contribution < 1.29 is 9.15 Å². The zero-order valence-electron chi connectivity index (χ0n) is 10.8. The van der Waals surface area contributed by atoms with Crippen LogP contribution in [0.5, 0.6) is 0 Å². The Hall–Kier alpha value is -0.590. The van der Waals surface area contributed by atoms with Gasteiger partial charge in [0.25, 0.3) is 0 Å². The first-order valence-corrected chi connectivity index (χ1v) is 7.87. The number of halogens is 1. The van der Waals surface area contributed by atoms with Gasteiger partial charge in [0.1, 0.15) is 16.9 Å². The Bertz CT molecular complexity index is 651. The van der Waals surface area contributed by atoms with Crippen LogP contribution in [0.15, 0.2) is 22.6 Å². The van der Waals surface area contributed by atoms with Gasteiger partial charge < -0.3 is 14.5 Å². The summed E-state index contributed by atoms with van der Waals surface area (Å²) < 4.78 is 13.2. The summed E-state index contributed by atoms with van der Waals surface area (Å²) in [6.45, 7) is 3.95. The molecule has 2 atom stereocenters. The summed E-state index contributed by atoms with van der Waals surface area (Å²) in [4.78, 5) is 0. The number of nitrogens with one attached hydrogen (secondary N) is 1. The molecule has 2 aliphatic heterocycles. The van der Waals surface area contributed by atoms with Crippen molar-refractivity contribution >= 4 is 33.6 Å². The van der Waals surface area contributed by atoms with Crippen molar-refractivity contribution in [2.45, 2.75) is 31.4 Å². The van der Waals surface area contributed by atoms with Crippen LogP contribution in [0.1, 0.15) is 24.7 Å². The van der Waals surface area contributed by atoms with Gasteiger partial charge in [-0.05, 0) is 60.6 Å². The molecule has 1 N–H and O–H groups in total. The second kappa shape index (κ2) is 4.20. The molecule has 2 unspecified atom stereocenters. The highest BCUT2D eigenvalue weighted by Gasteiger charge is 2.48. The molecule has 100 valence electrons. The maximum Gasteiger partial charge on any atom is 0.135 e. The van der Waals surface area contributed by atoms with E-state index in [1.54, 1.807) is 0 Å². The predicted molar refractivity (Wildman–Crippen MR) is 82.3 cm³/mol. The van der Waals surface area contributed by atoms with Crippen LogP contribution in [0, 0.1) is 3.57 Å². The smallest absolute Gasteiger partial charge is 0.135 e. The zero-order valence-corrected chi connectivity index (χ0v) is 13.0. The highest BCUT2D eigenvalue weighted by Crippen LogP contribution is 2.43. The minimum atomic E-state index is -0.113. The maximum atomic E-state index is 6.23. The molecule has 0 amide bonds. The minimum absolute atomic E-state index is 0.113. The van der Waals surface area contributed by atoms with Crippen LogP contribution < -0.4 is 5.32 Å². The monoisotopic (exact) mass is 369 g/mol. The molecule has 1 aromatic carbocycles. The first kappa shape index (κ1) is 12.2. The summed E-state index contributed by atoms with van der Waals surface area (Å²) in [6.07, 6.45) is 2.21. The van der Waals surface area contributed by atoms with Crippen LogP contribution in [0.4, 0.5) is 0 Å². The Kier molecular flexibility index (Phi) is 2.69. The number of rotatable bonds is 0. The molecule has 2 aromatic rings. The molecule has 4 rings (SSSR count). The van der Waals surface area contributed by atoms with Gasteiger partial charge in [-0.3, -0.25) is 0 Å². The molecule has 0 saturated carbocycles. The lowest BCUT2D eigenvalue weighted by Gasteiger charge is -2.35. The molecule has 1 saturated heterocycles. The van der Waals surface area contributed by atoms with Crippen molar-refractivity contribution in [3.8, 4) is 0 Å². The second-order valence-corrected chi connectivity index (χ2v) is 6.71. The van der Waals surface area contributed by atoms with E-state index in [0.29, 0.717) is 0 Å². The third-order valence-electron chi connectivity index (χ3n) is 4.53. The topological polar surface area (TPSA) is 34.4 Å². The Labute approximate surface area is 125 Å². The predicted octanol–water partition coefficient (Wildman–Crippen LogP) is 3.19. The van der Waals surface area contributed by atoms with Crippen LogP contribution in [-0.2, 0) is 16.7 Å². The van der Waals surface area contributed by atoms with Crippen LogP contribution in [0.3, 0.4) is 0 Å². The van der Waals surface area contributed by atoms with Crippen molar-refractivity contribution in [2.75, 3.05) is 13.2 Å². The molecule has 1 fully saturated rings. The van der Waals surface area contributed by atoms with Gasteiger partial charge >= 0.3 is 0 Å². The van der Waals surface area contributed by atoms with E-state index < -0.39 is 0 Å². The quantitative estimate of drug-likeness (QED) is 0.725. The maximum absolute atomic E-state index is 6.23.